The van der Waals surface area contributed by atoms with Gasteiger partial charge in [0.15, 0.2) is 0 Å². The summed E-state index contributed by atoms with van der Waals surface area (Å²) in [6.07, 6.45) is 4.61. The molecule has 2 N–H and O–H groups in total. The van der Waals surface area contributed by atoms with Gasteiger partial charge in [-0.3, -0.25) is 4.79 Å². The highest BCUT2D eigenvalue weighted by molar-refractivity contribution is 5.81. The molecule has 0 saturated heterocycles. The first-order valence-electron chi connectivity index (χ1n) is 6.31. The molecule has 2 rings (SSSR count). The van der Waals surface area contributed by atoms with Crippen LogP contribution in [0.3, 0.4) is 0 Å². The van der Waals surface area contributed by atoms with E-state index in [9.17, 15) is 4.79 Å². The number of anilines is 1. The van der Waals surface area contributed by atoms with Gasteiger partial charge in [-0.05, 0) is 31.0 Å². The molecule has 0 heterocycles. The van der Waals surface area contributed by atoms with Crippen molar-refractivity contribution in [3.8, 4) is 6.07 Å². The summed E-state index contributed by atoms with van der Waals surface area (Å²) in [5, 5.41) is 14.8. The second kappa shape index (κ2) is 6.06. The number of nitrogens with zero attached hydrogens (tertiary/aromatic N) is 1. The van der Waals surface area contributed by atoms with Crippen molar-refractivity contribution in [1.82, 2.24) is 5.32 Å². The van der Waals surface area contributed by atoms with E-state index < -0.39 is 0 Å². The number of carbonyl (C=O) groups excluding carboxylic acids is 1. The zero-order valence-corrected chi connectivity index (χ0v) is 10.3. The monoisotopic (exact) mass is 243 g/mol. The summed E-state index contributed by atoms with van der Waals surface area (Å²) in [6, 6.07) is 9.56. The second-order valence-electron chi connectivity index (χ2n) is 4.60. The highest BCUT2D eigenvalue weighted by atomic mass is 16.1. The number of rotatable bonds is 4. The van der Waals surface area contributed by atoms with Gasteiger partial charge in [-0.15, -0.1) is 0 Å². The third kappa shape index (κ3) is 3.49. The predicted octanol–water partition coefficient (Wildman–Crippen LogP) is 2.03. The summed E-state index contributed by atoms with van der Waals surface area (Å²) in [7, 11) is 0. The third-order valence-corrected chi connectivity index (χ3v) is 3.17. The Kier molecular flexibility index (Phi) is 4.19. The van der Waals surface area contributed by atoms with Crippen molar-refractivity contribution < 1.29 is 4.79 Å². The van der Waals surface area contributed by atoms with E-state index >= 15 is 0 Å². The SMILES string of the molecule is N#Cc1cccc(NCC(=O)NC2CCCC2)c1. The molecule has 0 aliphatic heterocycles. The maximum atomic E-state index is 11.7. The van der Waals surface area contributed by atoms with Gasteiger partial charge in [-0.25, -0.2) is 0 Å². The molecular formula is C14H17N3O. The fourth-order valence-corrected chi connectivity index (χ4v) is 2.23. The lowest BCUT2D eigenvalue weighted by molar-refractivity contribution is -0.120. The number of hydrogen-bond acceptors (Lipinski definition) is 3. The van der Waals surface area contributed by atoms with Crippen LogP contribution < -0.4 is 10.6 Å². The average Bonchev–Trinajstić information content (AvgIpc) is 2.89. The molecular weight excluding hydrogens is 226 g/mol. The molecule has 0 atom stereocenters. The minimum atomic E-state index is 0.0178. The molecule has 0 bridgehead atoms. The number of nitriles is 1. The molecule has 1 amide bonds. The molecule has 1 aliphatic rings. The van der Waals surface area contributed by atoms with Crippen LogP contribution in [0.5, 0.6) is 0 Å². The van der Waals surface area contributed by atoms with Gasteiger partial charge >= 0.3 is 0 Å². The summed E-state index contributed by atoms with van der Waals surface area (Å²) >= 11 is 0. The average molecular weight is 243 g/mol. The minimum Gasteiger partial charge on any atom is -0.376 e. The summed E-state index contributed by atoms with van der Waals surface area (Å²) in [5.41, 5.74) is 1.40. The largest absolute Gasteiger partial charge is 0.376 e. The van der Waals surface area contributed by atoms with Crippen LogP contribution in [0.15, 0.2) is 24.3 Å². The van der Waals surface area contributed by atoms with Crippen LogP contribution >= 0.6 is 0 Å². The van der Waals surface area contributed by atoms with Crippen molar-refractivity contribution >= 4 is 11.6 Å². The fraction of sp³-hybridized carbons (Fsp3) is 0.429. The molecule has 94 valence electrons. The van der Waals surface area contributed by atoms with Gasteiger partial charge in [0.1, 0.15) is 0 Å². The topological polar surface area (TPSA) is 64.9 Å². The molecule has 0 spiro atoms. The van der Waals surface area contributed by atoms with Crippen LogP contribution in [0.2, 0.25) is 0 Å². The second-order valence-corrected chi connectivity index (χ2v) is 4.60. The lowest BCUT2D eigenvalue weighted by Gasteiger charge is -2.12. The smallest absolute Gasteiger partial charge is 0.239 e. The maximum absolute atomic E-state index is 11.7. The van der Waals surface area contributed by atoms with Gasteiger partial charge in [0.25, 0.3) is 0 Å². The molecule has 0 radical (unpaired) electrons. The van der Waals surface area contributed by atoms with Crippen LogP contribution in [0.1, 0.15) is 31.2 Å². The van der Waals surface area contributed by atoms with Crippen molar-refractivity contribution in [2.45, 2.75) is 31.7 Å². The van der Waals surface area contributed by atoms with Crippen molar-refractivity contribution in [3.63, 3.8) is 0 Å². The first-order chi connectivity index (χ1) is 8.78. The van der Waals surface area contributed by atoms with E-state index in [1.807, 2.05) is 6.07 Å². The Morgan fingerprint density at radius 1 is 1.39 bits per heavy atom. The number of amides is 1. The van der Waals surface area contributed by atoms with Crippen molar-refractivity contribution in [2.75, 3.05) is 11.9 Å². The minimum absolute atomic E-state index is 0.0178. The summed E-state index contributed by atoms with van der Waals surface area (Å²) in [6.45, 7) is 0.255. The standard InChI is InChI=1S/C14H17N3O/c15-9-11-4-3-7-13(8-11)16-10-14(18)17-12-5-1-2-6-12/h3-4,7-8,12,16H,1-2,5-6,10H2,(H,17,18). The van der Waals surface area contributed by atoms with Crippen LogP contribution in [0.4, 0.5) is 5.69 Å². The molecule has 4 nitrogen and oxygen atoms in total. The normalized spacial score (nSPS) is 15.1. The van der Waals surface area contributed by atoms with Crippen LogP contribution in [-0.2, 0) is 4.79 Å². The fourth-order valence-electron chi connectivity index (χ4n) is 2.23. The van der Waals surface area contributed by atoms with Crippen molar-refractivity contribution in [3.05, 3.63) is 29.8 Å². The number of nitrogens with one attached hydrogen (secondary N) is 2. The molecule has 0 unspecified atom stereocenters. The molecule has 1 saturated carbocycles. The van der Waals surface area contributed by atoms with Gasteiger partial charge in [-0.1, -0.05) is 18.9 Å². The molecule has 4 heteroatoms. The van der Waals surface area contributed by atoms with Crippen LogP contribution in [0.25, 0.3) is 0 Å². The van der Waals surface area contributed by atoms with Crippen molar-refractivity contribution in [2.24, 2.45) is 0 Å². The highest BCUT2D eigenvalue weighted by Crippen LogP contribution is 2.17. The van der Waals surface area contributed by atoms with E-state index in [1.165, 1.54) is 12.8 Å². The van der Waals surface area contributed by atoms with E-state index in [0.717, 1.165) is 18.5 Å². The van der Waals surface area contributed by atoms with Gasteiger partial charge in [0, 0.05) is 11.7 Å². The first-order valence-corrected chi connectivity index (χ1v) is 6.31. The number of carbonyl (C=O) groups is 1. The van der Waals surface area contributed by atoms with Crippen LogP contribution in [0, 0.1) is 11.3 Å². The molecule has 1 aliphatic carbocycles. The lowest BCUT2D eigenvalue weighted by atomic mass is 10.2. The Hall–Kier alpha value is -2.02. The molecule has 1 fully saturated rings. The Bertz CT molecular complexity index is 458. The highest BCUT2D eigenvalue weighted by Gasteiger charge is 2.16. The number of hydrogen-bond donors (Lipinski definition) is 2. The van der Waals surface area contributed by atoms with Gasteiger partial charge in [0.2, 0.25) is 5.91 Å². The lowest BCUT2D eigenvalue weighted by Crippen LogP contribution is -2.36. The Labute approximate surface area is 107 Å². The van der Waals surface area contributed by atoms with E-state index in [0.29, 0.717) is 11.6 Å². The Morgan fingerprint density at radius 3 is 2.89 bits per heavy atom. The van der Waals surface area contributed by atoms with Gasteiger partial charge < -0.3 is 10.6 Å². The van der Waals surface area contributed by atoms with Gasteiger partial charge in [0.05, 0.1) is 18.2 Å². The summed E-state index contributed by atoms with van der Waals surface area (Å²) in [5.74, 6) is 0.0178. The molecule has 0 aromatic heterocycles. The molecule has 1 aromatic rings. The summed E-state index contributed by atoms with van der Waals surface area (Å²) < 4.78 is 0. The molecule has 1 aromatic carbocycles. The van der Waals surface area contributed by atoms with Crippen molar-refractivity contribution in [1.29, 1.82) is 5.26 Å². The first kappa shape index (κ1) is 12.4. The Morgan fingerprint density at radius 2 is 2.17 bits per heavy atom. The predicted molar refractivity (Wildman–Crippen MR) is 70.0 cm³/mol. The van der Waals surface area contributed by atoms with Gasteiger partial charge in [-0.2, -0.15) is 5.26 Å². The van der Waals surface area contributed by atoms with E-state index in [2.05, 4.69) is 16.7 Å². The summed E-state index contributed by atoms with van der Waals surface area (Å²) in [4.78, 5) is 11.7. The Balaban J connectivity index is 1.79. The molecule has 18 heavy (non-hydrogen) atoms. The zero-order chi connectivity index (χ0) is 12.8. The zero-order valence-electron chi connectivity index (χ0n) is 10.3. The third-order valence-electron chi connectivity index (χ3n) is 3.17. The maximum Gasteiger partial charge on any atom is 0.239 e. The number of benzene rings is 1. The van der Waals surface area contributed by atoms with E-state index in [1.54, 1.807) is 18.2 Å². The quantitative estimate of drug-likeness (QED) is 0.850. The van der Waals surface area contributed by atoms with E-state index in [4.69, 9.17) is 5.26 Å². The van der Waals surface area contributed by atoms with E-state index in [-0.39, 0.29) is 12.5 Å². The van der Waals surface area contributed by atoms with Crippen LogP contribution in [-0.4, -0.2) is 18.5 Å².